The number of carbonyl (C=O) groups is 1. The normalized spacial score (nSPS) is 16.6. The van der Waals surface area contributed by atoms with Crippen LogP contribution in [0.15, 0.2) is 24.3 Å². The number of ether oxygens (including phenoxy) is 2. The van der Waals surface area contributed by atoms with Crippen molar-refractivity contribution in [1.29, 1.82) is 0 Å². The van der Waals surface area contributed by atoms with Crippen LogP contribution in [0.2, 0.25) is 0 Å². The van der Waals surface area contributed by atoms with Crippen LogP contribution in [0.25, 0.3) is 0 Å². The molecule has 28 heavy (non-hydrogen) atoms. The van der Waals surface area contributed by atoms with Crippen molar-refractivity contribution in [3.8, 4) is 11.5 Å². The molecule has 1 saturated heterocycles. The molecule has 1 aliphatic rings. The van der Waals surface area contributed by atoms with Gasteiger partial charge in [0.05, 0.1) is 25.5 Å². The van der Waals surface area contributed by atoms with Crippen molar-refractivity contribution in [2.45, 2.75) is 39.7 Å². The van der Waals surface area contributed by atoms with Crippen LogP contribution in [0.4, 0.5) is 5.13 Å². The van der Waals surface area contributed by atoms with Crippen molar-refractivity contribution in [3.63, 3.8) is 0 Å². The number of anilines is 1. The molecule has 0 bridgehead atoms. The highest BCUT2D eigenvalue weighted by Crippen LogP contribution is 2.24. The minimum atomic E-state index is -0.159. The molecule has 7 heteroatoms. The molecular weight excluding hydrogens is 374 g/mol. The van der Waals surface area contributed by atoms with E-state index in [1.165, 1.54) is 11.3 Å². The molecule has 6 nitrogen and oxygen atoms in total. The van der Waals surface area contributed by atoms with Gasteiger partial charge in [0, 0.05) is 4.88 Å². The van der Waals surface area contributed by atoms with Crippen LogP contribution >= 0.6 is 11.3 Å². The van der Waals surface area contributed by atoms with E-state index in [9.17, 15) is 4.79 Å². The fourth-order valence-electron chi connectivity index (χ4n) is 3.29. The largest absolute Gasteiger partial charge is 0.497 e. The number of carbonyl (C=O) groups excluding carboxylic acids is 1. The quantitative estimate of drug-likeness (QED) is 0.760. The third kappa shape index (κ3) is 5.23. The summed E-state index contributed by atoms with van der Waals surface area (Å²) in [4.78, 5) is 20.3. The summed E-state index contributed by atoms with van der Waals surface area (Å²) < 4.78 is 11.1. The summed E-state index contributed by atoms with van der Waals surface area (Å²) in [6.07, 6.45) is 2.06. The zero-order valence-electron chi connectivity index (χ0n) is 17.0. The van der Waals surface area contributed by atoms with E-state index in [0.29, 0.717) is 17.7 Å². The van der Waals surface area contributed by atoms with E-state index in [2.05, 4.69) is 15.2 Å². The Morgan fingerprint density at radius 2 is 1.89 bits per heavy atom. The number of piperidine rings is 1. The number of rotatable bonds is 7. The van der Waals surface area contributed by atoms with E-state index in [-0.39, 0.29) is 11.9 Å². The van der Waals surface area contributed by atoms with Gasteiger partial charge in [0.25, 0.3) is 0 Å². The maximum atomic E-state index is 12.6. The first kappa shape index (κ1) is 20.6. The van der Waals surface area contributed by atoms with E-state index in [0.717, 1.165) is 48.0 Å². The van der Waals surface area contributed by atoms with Gasteiger partial charge in [-0.25, -0.2) is 4.98 Å². The topological polar surface area (TPSA) is 63.7 Å². The molecular formula is C21H29N3O3S. The summed E-state index contributed by atoms with van der Waals surface area (Å²) in [5.74, 6) is 2.22. The van der Waals surface area contributed by atoms with Crippen LogP contribution in [0.1, 0.15) is 30.3 Å². The molecule has 0 saturated carbocycles. The summed E-state index contributed by atoms with van der Waals surface area (Å²) >= 11 is 1.53. The van der Waals surface area contributed by atoms with Crippen LogP contribution in [-0.4, -0.2) is 48.6 Å². The Labute approximate surface area is 170 Å². The second-order valence-corrected chi connectivity index (χ2v) is 8.49. The number of hydrogen-bond acceptors (Lipinski definition) is 6. The first-order valence-electron chi connectivity index (χ1n) is 9.72. The smallest absolute Gasteiger partial charge is 0.243 e. The number of thiazole rings is 1. The van der Waals surface area contributed by atoms with Crippen molar-refractivity contribution in [1.82, 2.24) is 9.88 Å². The van der Waals surface area contributed by atoms with Crippen LogP contribution in [0.3, 0.4) is 0 Å². The molecule has 0 radical (unpaired) electrons. The van der Waals surface area contributed by atoms with Gasteiger partial charge in [-0.15, -0.1) is 11.3 Å². The Morgan fingerprint density at radius 1 is 1.25 bits per heavy atom. The average Bonchev–Trinajstić information content (AvgIpc) is 3.03. The zero-order valence-corrected chi connectivity index (χ0v) is 17.8. The van der Waals surface area contributed by atoms with Crippen LogP contribution in [0.5, 0.6) is 11.5 Å². The van der Waals surface area contributed by atoms with E-state index in [4.69, 9.17) is 9.47 Å². The molecule has 0 unspecified atom stereocenters. The molecule has 1 atom stereocenters. The molecule has 1 aliphatic heterocycles. The molecule has 1 amide bonds. The maximum absolute atomic E-state index is 12.6. The lowest BCUT2D eigenvalue weighted by molar-refractivity contribution is -0.121. The minimum Gasteiger partial charge on any atom is -0.497 e. The number of hydrogen-bond donors (Lipinski definition) is 1. The highest BCUT2D eigenvalue weighted by Gasteiger charge is 2.27. The van der Waals surface area contributed by atoms with Crippen LogP contribution < -0.4 is 14.8 Å². The fraction of sp³-hybridized carbons (Fsp3) is 0.524. The van der Waals surface area contributed by atoms with Crippen molar-refractivity contribution in [3.05, 3.63) is 34.8 Å². The van der Waals surface area contributed by atoms with E-state index in [1.807, 2.05) is 45.0 Å². The number of nitrogens with one attached hydrogen (secondary N) is 1. The predicted octanol–water partition coefficient (Wildman–Crippen LogP) is 3.89. The van der Waals surface area contributed by atoms with Gasteiger partial charge in [0.1, 0.15) is 11.5 Å². The molecule has 1 N–H and O–H groups in total. The van der Waals surface area contributed by atoms with Gasteiger partial charge in [-0.1, -0.05) is 0 Å². The summed E-state index contributed by atoms with van der Waals surface area (Å²) in [5.41, 5.74) is 0.977. The molecule has 3 rings (SSSR count). The van der Waals surface area contributed by atoms with Crippen molar-refractivity contribution in [2.24, 2.45) is 5.92 Å². The summed E-state index contributed by atoms with van der Waals surface area (Å²) in [6, 6.07) is 7.52. The van der Waals surface area contributed by atoms with Crippen LogP contribution in [0, 0.1) is 19.8 Å². The highest BCUT2D eigenvalue weighted by atomic mass is 32.1. The SMILES string of the molecule is COc1ccc(OCC2CCN([C@H](C)C(=O)Nc3nc(C)c(C)s3)CC2)cc1. The number of benzene rings is 1. The Bertz CT molecular complexity index is 763. The lowest BCUT2D eigenvalue weighted by atomic mass is 9.96. The molecule has 2 heterocycles. The number of nitrogens with zero attached hydrogens (tertiary/aromatic N) is 2. The first-order valence-corrected chi connectivity index (χ1v) is 10.5. The second kappa shape index (κ2) is 9.39. The van der Waals surface area contributed by atoms with E-state index < -0.39 is 0 Å². The number of likely N-dealkylation sites (tertiary alicyclic amines) is 1. The minimum absolute atomic E-state index is 0.0154. The lowest BCUT2D eigenvalue weighted by Gasteiger charge is -2.35. The molecule has 1 aromatic heterocycles. The van der Waals surface area contributed by atoms with Gasteiger partial charge in [-0.3, -0.25) is 9.69 Å². The molecule has 0 aliphatic carbocycles. The van der Waals surface area contributed by atoms with Crippen molar-refractivity contribution in [2.75, 3.05) is 32.1 Å². The van der Waals surface area contributed by atoms with E-state index >= 15 is 0 Å². The Balaban J connectivity index is 1.42. The third-order valence-corrected chi connectivity index (χ3v) is 6.37. The third-order valence-electron chi connectivity index (χ3n) is 5.38. The van der Waals surface area contributed by atoms with Crippen molar-refractivity contribution < 1.29 is 14.3 Å². The van der Waals surface area contributed by atoms with Gasteiger partial charge in [0.2, 0.25) is 5.91 Å². The van der Waals surface area contributed by atoms with Gasteiger partial charge >= 0.3 is 0 Å². The number of methoxy groups -OCH3 is 1. The molecule has 152 valence electrons. The second-order valence-electron chi connectivity index (χ2n) is 7.29. The zero-order chi connectivity index (χ0) is 20.1. The predicted molar refractivity (Wildman–Crippen MR) is 112 cm³/mol. The number of amides is 1. The van der Waals surface area contributed by atoms with E-state index in [1.54, 1.807) is 7.11 Å². The molecule has 1 aromatic carbocycles. The average molecular weight is 404 g/mol. The first-order chi connectivity index (χ1) is 13.5. The Hall–Kier alpha value is -2.12. The van der Waals surface area contributed by atoms with Gasteiger partial charge in [-0.05, 0) is 76.9 Å². The number of aromatic nitrogens is 1. The summed E-state index contributed by atoms with van der Waals surface area (Å²) in [5, 5.41) is 3.65. The maximum Gasteiger partial charge on any atom is 0.243 e. The van der Waals surface area contributed by atoms with Crippen molar-refractivity contribution >= 4 is 22.4 Å². The highest BCUT2D eigenvalue weighted by molar-refractivity contribution is 7.15. The van der Waals surface area contributed by atoms with Gasteiger partial charge < -0.3 is 14.8 Å². The fourth-order valence-corrected chi connectivity index (χ4v) is 4.11. The summed E-state index contributed by atoms with van der Waals surface area (Å²) in [7, 11) is 1.66. The van der Waals surface area contributed by atoms with Crippen LogP contribution in [-0.2, 0) is 4.79 Å². The Kier molecular flexibility index (Phi) is 6.91. The molecule has 2 aromatic rings. The van der Waals surface area contributed by atoms with Gasteiger partial charge in [0.15, 0.2) is 5.13 Å². The number of aryl methyl sites for hydroxylation is 2. The summed E-state index contributed by atoms with van der Waals surface area (Å²) in [6.45, 7) is 8.46. The molecule has 1 fully saturated rings. The monoisotopic (exact) mass is 403 g/mol. The lowest BCUT2D eigenvalue weighted by Crippen LogP contribution is -2.46. The molecule has 0 spiro atoms. The van der Waals surface area contributed by atoms with Gasteiger partial charge in [-0.2, -0.15) is 0 Å². The standard InChI is InChI=1S/C21H29N3O3S/c1-14-16(3)28-21(22-14)23-20(25)15(2)24-11-9-17(10-12-24)13-27-19-7-5-18(26-4)6-8-19/h5-8,15,17H,9-13H2,1-4H3,(H,22,23,25)/t15-/m1/s1. The Morgan fingerprint density at radius 3 is 2.46 bits per heavy atom.